The van der Waals surface area contributed by atoms with E-state index in [-0.39, 0.29) is 11.6 Å². The average Bonchev–Trinajstić information content (AvgIpc) is 2.66. The molecule has 0 radical (unpaired) electrons. The van der Waals surface area contributed by atoms with Crippen LogP contribution in [0.2, 0.25) is 0 Å². The number of thioether (sulfide) groups is 1. The third-order valence-corrected chi connectivity index (χ3v) is 5.24. The van der Waals surface area contributed by atoms with Crippen LogP contribution in [-0.2, 0) is 11.2 Å². The lowest BCUT2D eigenvalue weighted by Gasteiger charge is -2.16. The fraction of sp³-hybridized carbons (Fsp3) is 0.350. The van der Waals surface area contributed by atoms with Crippen molar-refractivity contribution in [2.24, 2.45) is 0 Å². The van der Waals surface area contributed by atoms with Crippen LogP contribution in [0.25, 0.3) is 0 Å². The van der Waals surface area contributed by atoms with Gasteiger partial charge in [-0.05, 0) is 43.5 Å². The molecule has 1 unspecified atom stereocenters. The molecule has 0 spiro atoms. The number of hydrogen-bond donors (Lipinski definition) is 1. The molecule has 1 heterocycles. The van der Waals surface area contributed by atoms with E-state index in [9.17, 15) is 14.4 Å². The molecule has 1 aromatic heterocycles. The maximum atomic E-state index is 13.8. The summed E-state index contributed by atoms with van der Waals surface area (Å²) in [4.78, 5) is 17.1. The molecule has 26 heavy (non-hydrogen) atoms. The molecule has 4 nitrogen and oxygen atoms in total. The number of carbonyl (C=O) groups is 1. The van der Waals surface area contributed by atoms with Gasteiger partial charge in [0, 0.05) is 5.69 Å². The topological polar surface area (TPSA) is 65.8 Å². The Kier molecular flexibility index (Phi) is 7.61. The van der Waals surface area contributed by atoms with E-state index in [1.807, 2.05) is 13.0 Å². The number of hydrogen-bond acceptors (Lipinski definition) is 4. The fourth-order valence-electron chi connectivity index (χ4n) is 2.38. The molecule has 1 N–H and O–H groups in total. The van der Waals surface area contributed by atoms with Crippen LogP contribution in [0.3, 0.4) is 0 Å². The van der Waals surface area contributed by atoms with E-state index in [0.29, 0.717) is 17.0 Å². The molecule has 0 saturated carbocycles. The van der Waals surface area contributed by atoms with Gasteiger partial charge in [-0.1, -0.05) is 44.2 Å². The van der Waals surface area contributed by atoms with Crippen LogP contribution in [0.4, 0.5) is 10.1 Å². The van der Waals surface area contributed by atoms with Gasteiger partial charge < -0.3 is 5.32 Å². The second-order valence-electron chi connectivity index (χ2n) is 5.85. The summed E-state index contributed by atoms with van der Waals surface area (Å²) in [6.07, 6.45) is 3.46. The lowest BCUT2D eigenvalue weighted by atomic mass is 10.2. The first kappa shape index (κ1) is 19.9. The van der Waals surface area contributed by atoms with Crippen molar-refractivity contribution >= 4 is 23.4 Å². The van der Waals surface area contributed by atoms with Crippen LogP contribution in [-0.4, -0.2) is 16.1 Å². The van der Waals surface area contributed by atoms with Gasteiger partial charge in [0.05, 0.1) is 16.5 Å². The molecule has 0 aliphatic heterocycles. The highest BCUT2D eigenvalue weighted by molar-refractivity contribution is 8.00. The van der Waals surface area contributed by atoms with Crippen LogP contribution in [0.5, 0.6) is 0 Å². The van der Waals surface area contributed by atoms with Crippen LogP contribution in [0.15, 0.2) is 41.4 Å². The van der Waals surface area contributed by atoms with Crippen LogP contribution < -0.4 is 5.32 Å². The summed E-state index contributed by atoms with van der Waals surface area (Å²) in [5, 5.41) is 12.0. The molecule has 1 amide bonds. The predicted molar refractivity (Wildman–Crippen MR) is 103 cm³/mol. The second kappa shape index (κ2) is 9.93. The summed E-state index contributed by atoms with van der Waals surface area (Å²) >= 11 is 1.25. The minimum atomic E-state index is -0.474. The molecule has 1 aromatic carbocycles. The number of pyridine rings is 1. The van der Waals surface area contributed by atoms with E-state index < -0.39 is 11.1 Å². The number of anilines is 1. The van der Waals surface area contributed by atoms with Gasteiger partial charge in [-0.25, -0.2) is 9.37 Å². The lowest BCUT2D eigenvalue weighted by Crippen LogP contribution is -2.25. The molecule has 6 heteroatoms. The summed E-state index contributed by atoms with van der Waals surface area (Å²) in [5.74, 6) is -0.773. The van der Waals surface area contributed by atoms with E-state index in [1.54, 1.807) is 18.2 Å². The average molecular weight is 371 g/mol. The Balaban J connectivity index is 2.17. The number of halogens is 1. The molecule has 2 aromatic rings. The molecule has 136 valence electrons. The number of amides is 1. The molecule has 1 atom stereocenters. The zero-order valence-corrected chi connectivity index (χ0v) is 15.8. The van der Waals surface area contributed by atoms with Gasteiger partial charge in [0.1, 0.15) is 16.9 Å². The van der Waals surface area contributed by atoms with Gasteiger partial charge in [-0.15, -0.1) is 0 Å². The Labute approximate surface area is 157 Å². The van der Waals surface area contributed by atoms with Gasteiger partial charge in [-0.3, -0.25) is 4.79 Å². The van der Waals surface area contributed by atoms with Crippen LogP contribution in [0.1, 0.15) is 44.4 Å². The minimum absolute atomic E-state index is 0.154. The Morgan fingerprint density at radius 2 is 2.08 bits per heavy atom. The van der Waals surface area contributed by atoms with Gasteiger partial charge in [-0.2, -0.15) is 5.26 Å². The van der Waals surface area contributed by atoms with Gasteiger partial charge in [0.25, 0.3) is 0 Å². The van der Waals surface area contributed by atoms with Crippen molar-refractivity contribution in [1.82, 2.24) is 4.98 Å². The molecular weight excluding hydrogens is 349 g/mol. The van der Waals surface area contributed by atoms with E-state index in [2.05, 4.69) is 23.3 Å². The van der Waals surface area contributed by atoms with Gasteiger partial charge in [0.2, 0.25) is 5.91 Å². The first-order valence-corrected chi connectivity index (χ1v) is 9.59. The summed E-state index contributed by atoms with van der Waals surface area (Å²) < 4.78 is 13.8. The van der Waals surface area contributed by atoms with E-state index in [4.69, 9.17) is 0 Å². The summed E-state index contributed by atoms with van der Waals surface area (Å²) in [5.41, 5.74) is 1.52. The van der Waals surface area contributed by atoms with Crippen molar-refractivity contribution in [3.63, 3.8) is 0 Å². The standard InChI is InChI=1S/C20H22FN3OS/c1-3-5-8-15-12-11-14(13-22)20(23-15)26-18(4-2)19(25)24-17-10-7-6-9-16(17)21/h6-7,9-12,18H,3-5,8H2,1-2H3,(H,24,25). The van der Waals surface area contributed by atoms with Crippen molar-refractivity contribution in [2.75, 3.05) is 5.32 Å². The van der Waals surface area contributed by atoms with Gasteiger partial charge >= 0.3 is 0 Å². The highest BCUT2D eigenvalue weighted by Crippen LogP contribution is 2.28. The van der Waals surface area contributed by atoms with Gasteiger partial charge in [0.15, 0.2) is 0 Å². The Hall–Kier alpha value is -2.39. The maximum absolute atomic E-state index is 13.8. The van der Waals surface area contributed by atoms with Crippen LogP contribution >= 0.6 is 11.8 Å². The summed E-state index contributed by atoms with van der Waals surface area (Å²) in [6.45, 7) is 3.99. The van der Waals surface area contributed by atoms with Crippen molar-refractivity contribution in [3.05, 3.63) is 53.5 Å². The zero-order valence-electron chi connectivity index (χ0n) is 15.0. The highest BCUT2D eigenvalue weighted by atomic mass is 32.2. The predicted octanol–water partition coefficient (Wildman–Crippen LogP) is 4.94. The Bertz CT molecular complexity index is 804. The fourth-order valence-corrected chi connectivity index (χ4v) is 3.40. The van der Waals surface area contributed by atoms with E-state index in [1.165, 1.54) is 23.9 Å². The molecular formula is C20H22FN3OS. The molecule has 2 rings (SSSR count). The van der Waals surface area contributed by atoms with E-state index in [0.717, 1.165) is 25.0 Å². The van der Waals surface area contributed by atoms with Crippen molar-refractivity contribution in [2.45, 2.75) is 49.8 Å². The zero-order chi connectivity index (χ0) is 18.9. The van der Waals surface area contributed by atoms with Crippen molar-refractivity contribution in [1.29, 1.82) is 5.26 Å². The number of para-hydroxylation sites is 1. The number of nitrogens with zero attached hydrogens (tertiary/aromatic N) is 2. The third kappa shape index (κ3) is 5.30. The molecule has 0 saturated heterocycles. The number of unbranched alkanes of at least 4 members (excludes halogenated alkanes) is 1. The molecule has 0 bridgehead atoms. The van der Waals surface area contributed by atoms with E-state index >= 15 is 0 Å². The summed E-state index contributed by atoms with van der Waals surface area (Å²) in [7, 11) is 0. The number of nitrogens with one attached hydrogen (secondary N) is 1. The number of aromatic nitrogens is 1. The molecule has 0 fully saturated rings. The minimum Gasteiger partial charge on any atom is -0.323 e. The number of rotatable bonds is 8. The Morgan fingerprint density at radius 1 is 1.31 bits per heavy atom. The molecule has 0 aliphatic carbocycles. The second-order valence-corrected chi connectivity index (χ2v) is 7.05. The summed E-state index contributed by atoms with van der Waals surface area (Å²) in [6, 6.07) is 11.8. The quantitative estimate of drug-likeness (QED) is 0.667. The number of carbonyl (C=O) groups excluding carboxylic acids is 1. The lowest BCUT2D eigenvalue weighted by molar-refractivity contribution is -0.115. The first-order chi connectivity index (χ1) is 12.6. The smallest absolute Gasteiger partial charge is 0.237 e. The van der Waals surface area contributed by atoms with Crippen molar-refractivity contribution < 1.29 is 9.18 Å². The number of nitriles is 1. The SMILES string of the molecule is CCCCc1ccc(C#N)c(SC(CC)C(=O)Nc2ccccc2F)n1. The van der Waals surface area contributed by atoms with Crippen LogP contribution in [0, 0.1) is 17.1 Å². The maximum Gasteiger partial charge on any atom is 0.237 e. The normalized spacial score (nSPS) is 11.6. The molecule has 0 aliphatic rings. The third-order valence-electron chi connectivity index (χ3n) is 3.87. The largest absolute Gasteiger partial charge is 0.323 e. The number of benzene rings is 1. The Morgan fingerprint density at radius 3 is 2.73 bits per heavy atom. The van der Waals surface area contributed by atoms with Crippen molar-refractivity contribution in [3.8, 4) is 6.07 Å². The number of aryl methyl sites for hydroxylation is 1. The highest BCUT2D eigenvalue weighted by Gasteiger charge is 2.21. The monoisotopic (exact) mass is 371 g/mol. The first-order valence-electron chi connectivity index (χ1n) is 8.71.